The zero-order valence-electron chi connectivity index (χ0n) is 54.6. The minimum atomic E-state index is -0.763. The lowest BCUT2D eigenvalue weighted by atomic mass is 10.0. The molecule has 0 aliphatic rings. The Morgan fingerprint density at radius 3 is 0.625 bits per heavy atom. The summed E-state index contributed by atoms with van der Waals surface area (Å²) in [5.74, 6) is -0.847. The van der Waals surface area contributed by atoms with Crippen molar-refractivity contribution in [1.82, 2.24) is 0 Å². The van der Waals surface area contributed by atoms with Gasteiger partial charge in [0.2, 0.25) is 0 Å². The van der Waals surface area contributed by atoms with Crippen molar-refractivity contribution in [2.24, 2.45) is 0 Å². The van der Waals surface area contributed by atoms with Crippen molar-refractivity contribution in [3.05, 3.63) is 12.2 Å². The molecule has 0 aromatic rings. The molecule has 0 bridgehead atoms. The van der Waals surface area contributed by atoms with Crippen LogP contribution >= 0.6 is 0 Å². The number of rotatable bonds is 69. The molecule has 0 radical (unpaired) electrons. The standard InChI is InChI=1S/C74H142O6/c1-4-7-10-13-15-17-19-21-23-25-27-29-31-33-35-36-37-39-40-42-44-46-48-50-52-54-56-58-61-64-67-73(76)79-70-71(69-78-72(75)66-63-60-12-9-6-3)80-74(77)68-65-62-59-57-55-53-51-49-47-45-43-41-38-34-32-30-28-26-24-22-20-18-16-14-11-8-5-2/h26,28,71H,4-25,27,29-70H2,1-3H3/b28-26-. The van der Waals surface area contributed by atoms with E-state index in [9.17, 15) is 14.4 Å². The van der Waals surface area contributed by atoms with Crippen molar-refractivity contribution in [3.63, 3.8) is 0 Å². The number of allylic oxidation sites excluding steroid dienone is 2. The third kappa shape index (κ3) is 66.9. The van der Waals surface area contributed by atoms with Crippen LogP contribution in [-0.4, -0.2) is 37.2 Å². The third-order valence-electron chi connectivity index (χ3n) is 17.0. The third-order valence-corrected chi connectivity index (χ3v) is 17.0. The molecule has 0 N–H and O–H groups in total. The number of carbonyl (C=O) groups is 3. The molecule has 80 heavy (non-hydrogen) atoms. The van der Waals surface area contributed by atoms with Crippen molar-refractivity contribution in [1.29, 1.82) is 0 Å². The fourth-order valence-electron chi connectivity index (χ4n) is 11.5. The fourth-order valence-corrected chi connectivity index (χ4v) is 11.5. The highest BCUT2D eigenvalue weighted by Gasteiger charge is 2.19. The maximum Gasteiger partial charge on any atom is 0.306 e. The predicted octanol–water partition coefficient (Wildman–Crippen LogP) is 25.2. The molecule has 474 valence electrons. The minimum Gasteiger partial charge on any atom is -0.462 e. The highest BCUT2D eigenvalue weighted by atomic mass is 16.6. The van der Waals surface area contributed by atoms with Gasteiger partial charge in [-0.3, -0.25) is 14.4 Å². The summed E-state index contributed by atoms with van der Waals surface area (Å²) >= 11 is 0. The van der Waals surface area contributed by atoms with E-state index < -0.39 is 6.10 Å². The largest absolute Gasteiger partial charge is 0.462 e. The van der Waals surface area contributed by atoms with Crippen LogP contribution in [0.5, 0.6) is 0 Å². The first-order valence-electron chi connectivity index (χ1n) is 36.7. The van der Waals surface area contributed by atoms with Gasteiger partial charge in [0.15, 0.2) is 6.10 Å². The average molecular weight is 1130 g/mol. The first-order chi connectivity index (χ1) is 39.5. The lowest BCUT2D eigenvalue weighted by molar-refractivity contribution is -0.167. The first-order valence-corrected chi connectivity index (χ1v) is 36.7. The predicted molar refractivity (Wildman–Crippen MR) is 349 cm³/mol. The molecule has 0 rings (SSSR count). The molecule has 0 saturated heterocycles. The topological polar surface area (TPSA) is 78.9 Å². The van der Waals surface area contributed by atoms with E-state index in [0.29, 0.717) is 19.3 Å². The summed E-state index contributed by atoms with van der Waals surface area (Å²) in [6.45, 7) is 6.64. The van der Waals surface area contributed by atoms with Crippen molar-refractivity contribution < 1.29 is 28.6 Å². The van der Waals surface area contributed by atoms with E-state index in [1.165, 1.54) is 321 Å². The zero-order valence-corrected chi connectivity index (χ0v) is 54.6. The SMILES string of the molecule is CCCCCCCCCC/C=C\CCCCCCCCCCCCCCCCCC(=O)OC(COC(=O)CCCCCCC)COC(=O)CCCCCCCCCCCCCCCCCCCCCCCCCCCCCCCC. The van der Waals surface area contributed by atoms with Gasteiger partial charge in [0.05, 0.1) is 0 Å². The van der Waals surface area contributed by atoms with E-state index in [4.69, 9.17) is 14.2 Å². The monoisotopic (exact) mass is 1130 g/mol. The summed E-state index contributed by atoms with van der Waals surface area (Å²) in [4.78, 5) is 38.0. The molecular formula is C74H142O6. The van der Waals surface area contributed by atoms with Crippen molar-refractivity contribution in [3.8, 4) is 0 Å². The minimum absolute atomic E-state index is 0.0640. The highest BCUT2D eigenvalue weighted by Crippen LogP contribution is 2.19. The normalized spacial score (nSPS) is 12.0. The Morgan fingerprint density at radius 1 is 0.237 bits per heavy atom. The van der Waals surface area contributed by atoms with Gasteiger partial charge in [-0.25, -0.2) is 0 Å². The van der Waals surface area contributed by atoms with Gasteiger partial charge in [0, 0.05) is 19.3 Å². The van der Waals surface area contributed by atoms with Crippen LogP contribution < -0.4 is 0 Å². The average Bonchev–Trinajstić information content (AvgIpc) is 3.46. The summed E-state index contributed by atoms with van der Waals surface area (Å²) in [5, 5.41) is 0. The van der Waals surface area contributed by atoms with Crippen LogP contribution in [-0.2, 0) is 28.6 Å². The molecule has 0 heterocycles. The van der Waals surface area contributed by atoms with Crippen molar-refractivity contribution in [2.75, 3.05) is 13.2 Å². The van der Waals surface area contributed by atoms with Crippen LogP contribution in [0.1, 0.15) is 425 Å². The molecule has 1 unspecified atom stereocenters. The molecule has 0 saturated carbocycles. The van der Waals surface area contributed by atoms with Gasteiger partial charge in [0.25, 0.3) is 0 Å². The molecule has 0 aliphatic heterocycles. The van der Waals surface area contributed by atoms with Crippen LogP contribution in [0.3, 0.4) is 0 Å². The van der Waals surface area contributed by atoms with E-state index in [2.05, 4.69) is 32.9 Å². The number of ether oxygens (including phenoxy) is 3. The summed E-state index contributed by atoms with van der Waals surface area (Å²) < 4.78 is 16.8. The van der Waals surface area contributed by atoms with Crippen LogP contribution in [0.2, 0.25) is 0 Å². The second kappa shape index (κ2) is 69.6. The Labute approximate surface area is 501 Å². The maximum absolute atomic E-state index is 12.9. The van der Waals surface area contributed by atoms with Gasteiger partial charge in [-0.15, -0.1) is 0 Å². The number of unbranched alkanes of at least 4 members (excludes halogenated alkanes) is 56. The quantitative estimate of drug-likeness (QED) is 0.0261. The van der Waals surface area contributed by atoms with Crippen LogP contribution in [0.25, 0.3) is 0 Å². The van der Waals surface area contributed by atoms with E-state index in [0.717, 1.165) is 64.2 Å². The number of hydrogen-bond donors (Lipinski definition) is 0. The summed E-state index contributed by atoms with van der Waals surface area (Å²) in [7, 11) is 0. The molecule has 0 aromatic heterocycles. The van der Waals surface area contributed by atoms with E-state index in [1.54, 1.807) is 0 Å². The van der Waals surface area contributed by atoms with Gasteiger partial charge in [-0.1, -0.05) is 373 Å². The molecule has 6 heteroatoms. The molecular weight excluding hydrogens is 985 g/mol. The number of hydrogen-bond acceptors (Lipinski definition) is 6. The number of carbonyl (C=O) groups excluding carboxylic acids is 3. The molecule has 0 amide bonds. The maximum atomic E-state index is 12.9. The highest BCUT2D eigenvalue weighted by molar-refractivity contribution is 5.71. The summed E-state index contributed by atoms with van der Waals surface area (Å²) in [6.07, 6.45) is 84.7. The van der Waals surface area contributed by atoms with Gasteiger partial charge in [-0.05, 0) is 44.9 Å². The van der Waals surface area contributed by atoms with Crippen molar-refractivity contribution in [2.45, 2.75) is 431 Å². The second-order valence-corrected chi connectivity index (χ2v) is 25.2. The summed E-state index contributed by atoms with van der Waals surface area (Å²) in [6, 6.07) is 0. The molecule has 0 spiro atoms. The van der Waals surface area contributed by atoms with Crippen LogP contribution in [0, 0.1) is 0 Å². The molecule has 0 aliphatic carbocycles. The molecule has 1 atom stereocenters. The fraction of sp³-hybridized carbons (Fsp3) is 0.932. The molecule has 0 fully saturated rings. The summed E-state index contributed by atoms with van der Waals surface area (Å²) in [5.41, 5.74) is 0. The van der Waals surface area contributed by atoms with Gasteiger partial charge < -0.3 is 14.2 Å². The van der Waals surface area contributed by atoms with E-state index >= 15 is 0 Å². The Hall–Kier alpha value is -1.85. The second-order valence-electron chi connectivity index (χ2n) is 25.2. The lowest BCUT2D eigenvalue weighted by Crippen LogP contribution is -2.30. The smallest absolute Gasteiger partial charge is 0.306 e. The zero-order chi connectivity index (χ0) is 57.8. The Morgan fingerprint density at radius 2 is 0.412 bits per heavy atom. The van der Waals surface area contributed by atoms with Crippen molar-refractivity contribution >= 4 is 17.9 Å². The lowest BCUT2D eigenvalue weighted by Gasteiger charge is -2.18. The molecule has 6 nitrogen and oxygen atoms in total. The van der Waals surface area contributed by atoms with E-state index in [-0.39, 0.29) is 31.1 Å². The van der Waals surface area contributed by atoms with Crippen LogP contribution in [0.4, 0.5) is 0 Å². The first kappa shape index (κ1) is 78.1. The Balaban J connectivity index is 3.88. The number of esters is 3. The van der Waals surface area contributed by atoms with Gasteiger partial charge >= 0.3 is 17.9 Å². The van der Waals surface area contributed by atoms with Crippen LogP contribution in [0.15, 0.2) is 12.2 Å². The molecule has 0 aromatic carbocycles. The Kier molecular flexibility index (Phi) is 68.0. The Bertz CT molecular complexity index is 1250. The van der Waals surface area contributed by atoms with E-state index in [1.807, 2.05) is 0 Å². The van der Waals surface area contributed by atoms with Gasteiger partial charge in [0.1, 0.15) is 13.2 Å². The van der Waals surface area contributed by atoms with Gasteiger partial charge in [-0.2, -0.15) is 0 Å².